The number of aliphatic carboxylic acids is 1. The lowest BCUT2D eigenvalue weighted by atomic mass is 10.0. The summed E-state index contributed by atoms with van der Waals surface area (Å²) in [6.07, 6.45) is 0. The fourth-order valence-electron chi connectivity index (χ4n) is 2.08. The van der Waals surface area contributed by atoms with Crippen LogP contribution in [0.4, 0.5) is 5.69 Å². The molecule has 5 nitrogen and oxygen atoms in total. The zero-order chi connectivity index (χ0) is 15.6. The van der Waals surface area contributed by atoms with E-state index in [2.05, 4.69) is 5.32 Å². The second-order valence-electron chi connectivity index (χ2n) is 4.97. The van der Waals surface area contributed by atoms with E-state index in [4.69, 9.17) is 9.52 Å². The van der Waals surface area contributed by atoms with E-state index in [1.54, 1.807) is 51.1 Å². The number of carbonyl (C=O) groups is 2. The minimum absolute atomic E-state index is 0.274. The van der Waals surface area contributed by atoms with Crippen LogP contribution in [0, 0.1) is 13.8 Å². The predicted octanol–water partition coefficient (Wildman–Crippen LogP) is 3.34. The molecule has 0 saturated carbocycles. The molecule has 0 fully saturated rings. The number of rotatable bonds is 4. The van der Waals surface area contributed by atoms with Crippen LogP contribution >= 0.6 is 0 Å². The van der Waals surface area contributed by atoms with Gasteiger partial charge in [-0.05, 0) is 44.5 Å². The van der Waals surface area contributed by atoms with E-state index >= 15 is 0 Å². The summed E-state index contributed by atoms with van der Waals surface area (Å²) >= 11 is 0. The molecule has 0 unspecified atom stereocenters. The van der Waals surface area contributed by atoms with Crippen LogP contribution in [0.2, 0.25) is 0 Å². The number of hydrogen-bond donors (Lipinski definition) is 2. The number of carboxylic acid groups (broad SMARTS) is 1. The van der Waals surface area contributed by atoms with Crippen molar-refractivity contribution in [1.29, 1.82) is 0 Å². The number of anilines is 1. The lowest BCUT2D eigenvalue weighted by Gasteiger charge is -2.09. The summed E-state index contributed by atoms with van der Waals surface area (Å²) in [6.45, 7) is 5.11. The summed E-state index contributed by atoms with van der Waals surface area (Å²) in [5.74, 6) is -0.574. The number of benzene rings is 1. The van der Waals surface area contributed by atoms with Gasteiger partial charge in [-0.3, -0.25) is 9.59 Å². The van der Waals surface area contributed by atoms with Gasteiger partial charge in [0.15, 0.2) is 0 Å². The van der Waals surface area contributed by atoms with Gasteiger partial charge in [-0.25, -0.2) is 0 Å². The van der Waals surface area contributed by atoms with E-state index in [1.165, 1.54) is 0 Å². The Balaban J connectivity index is 2.20. The monoisotopic (exact) mass is 287 g/mol. The van der Waals surface area contributed by atoms with Crippen molar-refractivity contribution in [3.05, 3.63) is 53.0 Å². The Morgan fingerprint density at radius 3 is 2.52 bits per heavy atom. The zero-order valence-electron chi connectivity index (χ0n) is 12.1. The third kappa shape index (κ3) is 3.31. The van der Waals surface area contributed by atoms with Crippen LogP contribution < -0.4 is 5.32 Å². The number of carboxylic acids is 1. The Kier molecular flexibility index (Phi) is 4.12. The van der Waals surface area contributed by atoms with Crippen molar-refractivity contribution in [2.75, 3.05) is 5.32 Å². The minimum Gasteiger partial charge on any atom is -0.481 e. The molecule has 110 valence electrons. The lowest BCUT2D eigenvalue weighted by molar-refractivity contribution is -0.138. The van der Waals surface area contributed by atoms with Crippen molar-refractivity contribution < 1.29 is 19.1 Å². The van der Waals surface area contributed by atoms with Gasteiger partial charge in [0.25, 0.3) is 5.91 Å². The van der Waals surface area contributed by atoms with E-state index in [0.717, 1.165) is 0 Å². The first-order valence-corrected chi connectivity index (χ1v) is 6.59. The Morgan fingerprint density at radius 1 is 1.24 bits per heavy atom. The molecule has 0 saturated heterocycles. The second-order valence-corrected chi connectivity index (χ2v) is 4.97. The predicted molar refractivity (Wildman–Crippen MR) is 78.6 cm³/mol. The average molecular weight is 287 g/mol. The van der Waals surface area contributed by atoms with Crippen LogP contribution in [0.1, 0.15) is 40.3 Å². The summed E-state index contributed by atoms with van der Waals surface area (Å²) in [6, 6.07) is 8.51. The molecule has 5 heteroatoms. The molecule has 1 heterocycles. The highest BCUT2D eigenvalue weighted by molar-refractivity contribution is 6.05. The highest BCUT2D eigenvalue weighted by atomic mass is 16.4. The average Bonchev–Trinajstić information content (AvgIpc) is 2.77. The molecule has 2 N–H and O–H groups in total. The number of nitrogens with one attached hydrogen (secondary N) is 1. The maximum atomic E-state index is 12.2. The molecule has 0 spiro atoms. The van der Waals surface area contributed by atoms with Crippen LogP contribution in [0.5, 0.6) is 0 Å². The summed E-state index contributed by atoms with van der Waals surface area (Å²) in [7, 11) is 0. The van der Waals surface area contributed by atoms with Crippen LogP contribution in [-0.2, 0) is 4.79 Å². The maximum Gasteiger partial charge on any atom is 0.310 e. The molecule has 1 amide bonds. The molecular weight excluding hydrogens is 270 g/mol. The van der Waals surface area contributed by atoms with Gasteiger partial charge in [-0.2, -0.15) is 0 Å². The summed E-state index contributed by atoms with van der Waals surface area (Å²) in [5, 5.41) is 11.8. The standard InChI is InChI=1S/C16H17NO4/c1-9-7-14(11(3)21-9)15(18)17-13-6-4-5-12(8-13)10(2)16(19)20/h4-8,10H,1-3H3,(H,17,18)(H,19,20)/t10-/m0/s1. The van der Waals surface area contributed by atoms with Crippen LogP contribution in [0.15, 0.2) is 34.7 Å². The van der Waals surface area contributed by atoms with E-state index in [-0.39, 0.29) is 5.91 Å². The molecule has 0 aliphatic rings. The van der Waals surface area contributed by atoms with Gasteiger partial charge in [-0.1, -0.05) is 12.1 Å². The first-order chi connectivity index (χ1) is 9.88. The molecule has 2 rings (SSSR count). The number of aryl methyl sites for hydroxylation is 2. The zero-order valence-corrected chi connectivity index (χ0v) is 12.1. The van der Waals surface area contributed by atoms with Crippen molar-refractivity contribution in [3.8, 4) is 0 Å². The van der Waals surface area contributed by atoms with Gasteiger partial charge in [0.2, 0.25) is 0 Å². The molecular formula is C16H17NO4. The molecule has 2 aromatic rings. The van der Waals surface area contributed by atoms with Gasteiger partial charge in [0, 0.05) is 5.69 Å². The lowest BCUT2D eigenvalue weighted by Crippen LogP contribution is -2.13. The number of furan rings is 1. The third-order valence-corrected chi connectivity index (χ3v) is 3.30. The van der Waals surface area contributed by atoms with Crippen molar-refractivity contribution in [2.45, 2.75) is 26.7 Å². The molecule has 0 radical (unpaired) electrons. The molecule has 0 bridgehead atoms. The van der Waals surface area contributed by atoms with E-state index in [1.807, 2.05) is 0 Å². The van der Waals surface area contributed by atoms with Crippen molar-refractivity contribution >= 4 is 17.6 Å². The number of amides is 1. The first-order valence-electron chi connectivity index (χ1n) is 6.59. The number of carbonyl (C=O) groups excluding carboxylic acids is 1. The van der Waals surface area contributed by atoms with Crippen LogP contribution in [0.25, 0.3) is 0 Å². The van der Waals surface area contributed by atoms with Crippen molar-refractivity contribution in [2.24, 2.45) is 0 Å². The summed E-state index contributed by atoms with van der Waals surface area (Å²) in [5.41, 5.74) is 1.67. The quantitative estimate of drug-likeness (QED) is 0.903. The molecule has 1 atom stereocenters. The molecule has 0 aliphatic carbocycles. The van der Waals surface area contributed by atoms with Crippen molar-refractivity contribution in [3.63, 3.8) is 0 Å². The van der Waals surface area contributed by atoms with Gasteiger partial charge in [0.05, 0.1) is 11.5 Å². The molecule has 21 heavy (non-hydrogen) atoms. The fraction of sp³-hybridized carbons (Fsp3) is 0.250. The second kappa shape index (κ2) is 5.83. The van der Waals surface area contributed by atoms with E-state index in [9.17, 15) is 9.59 Å². The van der Waals surface area contributed by atoms with Crippen LogP contribution in [-0.4, -0.2) is 17.0 Å². The minimum atomic E-state index is -0.903. The first kappa shape index (κ1) is 14.8. The largest absolute Gasteiger partial charge is 0.481 e. The Bertz CT molecular complexity index is 687. The van der Waals surface area contributed by atoms with E-state index < -0.39 is 11.9 Å². The highest BCUT2D eigenvalue weighted by Crippen LogP contribution is 2.21. The van der Waals surface area contributed by atoms with Crippen LogP contribution in [0.3, 0.4) is 0 Å². The molecule has 1 aromatic heterocycles. The summed E-state index contributed by atoms with van der Waals surface area (Å²) < 4.78 is 5.33. The van der Waals surface area contributed by atoms with E-state index in [0.29, 0.717) is 28.3 Å². The SMILES string of the molecule is Cc1cc(C(=O)Nc2cccc([C@H](C)C(=O)O)c2)c(C)o1. The highest BCUT2D eigenvalue weighted by Gasteiger charge is 2.16. The van der Waals surface area contributed by atoms with Gasteiger partial charge < -0.3 is 14.8 Å². The van der Waals surface area contributed by atoms with Gasteiger partial charge in [-0.15, -0.1) is 0 Å². The third-order valence-electron chi connectivity index (χ3n) is 3.30. The smallest absolute Gasteiger partial charge is 0.310 e. The molecule has 1 aromatic carbocycles. The maximum absolute atomic E-state index is 12.2. The Morgan fingerprint density at radius 2 is 1.95 bits per heavy atom. The Hall–Kier alpha value is -2.56. The van der Waals surface area contributed by atoms with Gasteiger partial charge in [0.1, 0.15) is 11.5 Å². The van der Waals surface area contributed by atoms with Crippen molar-refractivity contribution in [1.82, 2.24) is 0 Å². The normalized spacial score (nSPS) is 12.0. The molecule has 0 aliphatic heterocycles. The fourth-order valence-corrected chi connectivity index (χ4v) is 2.08. The van der Waals surface area contributed by atoms with Gasteiger partial charge >= 0.3 is 5.97 Å². The number of hydrogen-bond acceptors (Lipinski definition) is 3. The topological polar surface area (TPSA) is 79.5 Å². The Labute approximate surface area is 122 Å². The summed E-state index contributed by atoms with van der Waals surface area (Å²) in [4.78, 5) is 23.2.